The number of primary amides is 1. The summed E-state index contributed by atoms with van der Waals surface area (Å²) in [4.78, 5) is 13.6. The number of hydrogen-bond acceptors (Lipinski definition) is 4. The highest BCUT2D eigenvalue weighted by Crippen LogP contribution is 2.39. The van der Waals surface area contributed by atoms with Crippen LogP contribution < -0.4 is 21.5 Å². The SMILES string of the molecule is NCC1CCN([C@@H]2Cc3ccccc3[C@H]2Oc2cccc(NC(N)=O)c2)C1. The number of anilines is 1. The number of amides is 2. The molecule has 1 aliphatic heterocycles. The molecule has 2 aliphatic rings. The molecule has 6 nitrogen and oxygen atoms in total. The first-order chi connectivity index (χ1) is 13.1. The topological polar surface area (TPSA) is 93.6 Å². The molecule has 1 heterocycles. The Bertz CT molecular complexity index is 825. The van der Waals surface area contributed by atoms with Crippen molar-refractivity contribution in [3.63, 3.8) is 0 Å². The number of likely N-dealkylation sites (tertiary alicyclic amines) is 1. The minimum absolute atomic E-state index is 0.0402. The fraction of sp³-hybridized carbons (Fsp3) is 0.381. The summed E-state index contributed by atoms with van der Waals surface area (Å²) in [5, 5.41) is 2.60. The quantitative estimate of drug-likeness (QED) is 0.758. The Kier molecular flexibility index (Phi) is 5.01. The molecule has 5 N–H and O–H groups in total. The van der Waals surface area contributed by atoms with Crippen LogP contribution >= 0.6 is 0 Å². The molecule has 2 amide bonds. The Hall–Kier alpha value is -2.57. The normalized spacial score (nSPS) is 24.6. The van der Waals surface area contributed by atoms with Crippen LogP contribution in [0, 0.1) is 5.92 Å². The molecule has 27 heavy (non-hydrogen) atoms. The lowest BCUT2D eigenvalue weighted by atomic mass is 10.1. The molecular formula is C21H26N4O2. The van der Waals surface area contributed by atoms with Gasteiger partial charge < -0.3 is 21.5 Å². The van der Waals surface area contributed by atoms with Gasteiger partial charge in [-0.1, -0.05) is 30.3 Å². The van der Waals surface area contributed by atoms with E-state index in [-0.39, 0.29) is 6.10 Å². The van der Waals surface area contributed by atoms with Crippen molar-refractivity contribution >= 4 is 11.7 Å². The second kappa shape index (κ2) is 7.58. The maximum absolute atomic E-state index is 11.1. The number of benzene rings is 2. The lowest BCUT2D eigenvalue weighted by molar-refractivity contribution is 0.0918. The van der Waals surface area contributed by atoms with Gasteiger partial charge in [-0.05, 0) is 55.1 Å². The maximum Gasteiger partial charge on any atom is 0.316 e. The van der Waals surface area contributed by atoms with Gasteiger partial charge in [-0.25, -0.2) is 4.79 Å². The second-order valence-corrected chi connectivity index (χ2v) is 7.41. The molecule has 2 aromatic rings. The molecule has 0 spiro atoms. The zero-order chi connectivity index (χ0) is 18.8. The summed E-state index contributed by atoms with van der Waals surface area (Å²) in [5.41, 5.74) is 14.3. The molecule has 1 fully saturated rings. The third-order valence-electron chi connectivity index (χ3n) is 5.62. The Balaban J connectivity index is 1.58. The number of rotatable bonds is 5. The van der Waals surface area contributed by atoms with Crippen LogP contribution in [0.1, 0.15) is 23.7 Å². The van der Waals surface area contributed by atoms with Crippen molar-refractivity contribution in [2.45, 2.75) is 25.0 Å². The van der Waals surface area contributed by atoms with Gasteiger partial charge in [0.05, 0.1) is 6.04 Å². The minimum Gasteiger partial charge on any atom is -0.484 e. The lowest BCUT2D eigenvalue weighted by Gasteiger charge is -2.30. The van der Waals surface area contributed by atoms with Gasteiger partial charge in [-0.3, -0.25) is 4.90 Å². The summed E-state index contributed by atoms with van der Waals surface area (Å²) < 4.78 is 6.45. The summed E-state index contributed by atoms with van der Waals surface area (Å²) in [7, 11) is 0. The number of urea groups is 1. The molecule has 4 rings (SSSR count). The lowest BCUT2D eigenvalue weighted by Crippen LogP contribution is -2.39. The van der Waals surface area contributed by atoms with E-state index in [1.165, 1.54) is 11.1 Å². The number of nitrogens with one attached hydrogen (secondary N) is 1. The number of nitrogens with two attached hydrogens (primary N) is 2. The largest absolute Gasteiger partial charge is 0.484 e. The van der Waals surface area contributed by atoms with Crippen LogP contribution in [-0.2, 0) is 6.42 Å². The Labute approximate surface area is 159 Å². The van der Waals surface area contributed by atoms with Crippen molar-refractivity contribution < 1.29 is 9.53 Å². The molecule has 6 heteroatoms. The molecule has 0 aromatic heterocycles. The van der Waals surface area contributed by atoms with Crippen molar-refractivity contribution in [1.82, 2.24) is 4.90 Å². The maximum atomic E-state index is 11.1. The number of carbonyl (C=O) groups is 1. The third-order valence-corrected chi connectivity index (χ3v) is 5.62. The summed E-state index contributed by atoms with van der Waals surface area (Å²) >= 11 is 0. The molecule has 0 bridgehead atoms. The molecule has 3 atom stereocenters. The van der Waals surface area contributed by atoms with E-state index in [2.05, 4.69) is 34.5 Å². The summed E-state index contributed by atoms with van der Waals surface area (Å²) in [5.74, 6) is 1.29. The third kappa shape index (κ3) is 3.77. The first kappa shape index (κ1) is 17.8. The Morgan fingerprint density at radius 2 is 2.07 bits per heavy atom. The van der Waals surface area contributed by atoms with E-state index in [0.717, 1.165) is 38.2 Å². The van der Waals surface area contributed by atoms with Crippen LogP contribution in [0.4, 0.5) is 10.5 Å². The van der Waals surface area contributed by atoms with Crippen molar-refractivity contribution in [2.75, 3.05) is 25.0 Å². The highest BCUT2D eigenvalue weighted by atomic mass is 16.5. The highest BCUT2D eigenvalue weighted by Gasteiger charge is 2.40. The van der Waals surface area contributed by atoms with Crippen LogP contribution in [0.5, 0.6) is 5.75 Å². The van der Waals surface area contributed by atoms with Crippen LogP contribution in [-0.4, -0.2) is 36.6 Å². The zero-order valence-corrected chi connectivity index (χ0v) is 15.3. The molecule has 142 valence electrons. The molecule has 2 aromatic carbocycles. The van der Waals surface area contributed by atoms with Gasteiger partial charge in [0.25, 0.3) is 0 Å². The Morgan fingerprint density at radius 3 is 2.85 bits per heavy atom. The number of nitrogens with zero attached hydrogens (tertiary/aromatic N) is 1. The molecule has 0 radical (unpaired) electrons. The van der Waals surface area contributed by atoms with Crippen molar-refractivity contribution in [3.05, 3.63) is 59.7 Å². The smallest absolute Gasteiger partial charge is 0.316 e. The van der Waals surface area contributed by atoms with Crippen LogP contribution in [0.15, 0.2) is 48.5 Å². The van der Waals surface area contributed by atoms with E-state index in [9.17, 15) is 4.79 Å². The van der Waals surface area contributed by atoms with E-state index in [0.29, 0.717) is 17.6 Å². The number of hydrogen-bond donors (Lipinski definition) is 3. The average Bonchev–Trinajstić information content (AvgIpc) is 3.26. The molecule has 1 saturated heterocycles. The summed E-state index contributed by atoms with van der Waals surface area (Å²) in [6.07, 6.45) is 2.09. The van der Waals surface area contributed by atoms with Gasteiger partial charge in [0.1, 0.15) is 11.9 Å². The van der Waals surface area contributed by atoms with Gasteiger partial charge in [0.15, 0.2) is 0 Å². The first-order valence-electron chi connectivity index (χ1n) is 9.49. The summed E-state index contributed by atoms with van der Waals surface area (Å²) in [6, 6.07) is 15.6. The van der Waals surface area contributed by atoms with Gasteiger partial charge in [-0.2, -0.15) is 0 Å². The van der Waals surface area contributed by atoms with E-state index in [1.807, 2.05) is 18.2 Å². The fourth-order valence-corrected chi connectivity index (χ4v) is 4.29. The average molecular weight is 366 g/mol. The van der Waals surface area contributed by atoms with Crippen molar-refractivity contribution in [2.24, 2.45) is 17.4 Å². The minimum atomic E-state index is -0.582. The monoisotopic (exact) mass is 366 g/mol. The molecule has 0 saturated carbocycles. The number of fused-ring (bicyclic) bond motifs is 1. The fourth-order valence-electron chi connectivity index (χ4n) is 4.29. The van der Waals surface area contributed by atoms with Crippen molar-refractivity contribution in [3.8, 4) is 5.75 Å². The van der Waals surface area contributed by atoms with Crippen molar-refractivity contribution in [1.29, 1.82) is 0 Å². The zero-order valence-electron chi connectivity index (χ0n) is 15.3. The van der Waals surface area contributed by atoms with Gasteiger partial charge in [0.2, 0.25) is 0 Å². The highest BCUT2D eigenvalue weighted by molar-refractivity contribution is 5.87. The first-order valence-corrected chi connectivity index (χ1v) is 9.49. The van der Waals surface area contributed by atoms with Gasteiger partial charge in [0, 0.05) is 18.3 Å². The van der Waals surface area contributed by atoms with E-state index >= 15 is 0 Å². The molecule has 1 unspecified atom stereocenters. The number of ether oxygens (including phenoxy) is 1. The number of carbonyl (C=O) groups excluding carboxylic acids is 1. The predicted molar refractivity (Wildman–Crippen MR) is 106 cm³/mol. The van der Waals surface area contributed by atoms with Gasteiger partial charge in [-0.15, -0.1) is 0 Å². The van der Waals surface area contributed by atoms with E-state index in [4.69, 9.17) is 16.2 Å². The summed E-state index contributed by atoms with van der Waals surface area (Å²) in [6.45, 7) is 2.82. The van der Waals surface area contributed by atoms with Crippen LogP contribution in [0.2, 0.25) is 0 Å². The predicted octanol–water partition coefficient (Wildman–Crippen LogP) is 2.50. The van der Waals surface area contributed by atoms with E-state index in [1.54, 1.807) is 6.07 Å². The van der Waals surface area contributed by atoms with E-state index < -0.39 is 6.03 Å². The second-order valence-electron chi connectivity index (χ2n) is 7.41. The van der Waals surface area contributed by atoms with Gasteiger partial charge >= 0.3 is 6.03 Å². The van der Waals surface area contributed by atoms with Crippen LogP contribution in [0.3, 0.4) is 0 Å². The molecule has 1 aliphatic carbocycles. The van der Waals surface area contributed by atoms with Crippen LogP contribution in [0.25, 0.3) is 0 Å². The molecular weight excluding hydrogens is 340 g/mol. The Morgan fingerprint density at radius 1 is 1.22 bits per heavy atom. The standard InChI is InChI=1S/C21H26N4O2/c22-12-14-8-9-25(13-14)19-10-15-4-1-2-7-18(15)20(19)27-17-6-3-5-16(11-17)24-21(23)26/h1-7,11,14,19-20H,8-10,12-13,22H2,(H3,23,24,26)/t14?,19-,20-/m1/s1.